The zero-order valence-corrected chi connectivity index (χ0v) is 19.1. The Labute approximate surface area is 186 Å². The predicted molar refractivity (Wildman–Crippen MR) is 125 cm³/mol. The van der Waals surface area contributed by atoms with Gasteiger partial charge in [-0.2, -0.15) is 0 Å². The second-order valence-corrected chi connectivity index (χ2v) is 8.56. The van der Waals surface area contributed by atoms with Crippen LogP contribution in [-0.4, -0.2) is 44.2 Å². The van der Waals surface area contributed by atoms with Crippen molar-refractivity contribution in [2.75, 3.05) is 33.4 Å². The lowest BCUT2D eigenvalue weighted by Crippen LogP contribution is -2.40. The molecule has 0 saturated carbocycles. The van der Waals surface area contributed by atoms with Gasteiger partial charge in [-0.05, 0) is 67.2 Å². The van der Waals surface area contributed by atoms with E-state index in [1.54, 1.807) is 7.11 Å². The van der Waals surface area contributed by atoms with Gasteiger partial charge < -0.3 is 14.8 Å². The first-order chi connectivity index (χ1) is 15.1. The van der Waals surface area contributed by atoms with Crippen LogP contribution in [0, 0.1) is 0 Å². The molecular formula is C26H36N2O3. The van der Waals surface area contributed by atoms with Gasteiger partial charge >= 0.3 is 0 Å². The minimum atomic E-state index is -0.0960. The molecule has 5 nitrogen and oxygen atoms in total. The van der Waals surface area contributed by atoms with Crippen LogP contribution in [0.3, 0.4) is 0 Å². The highest BCUT2D eigenvalue weighted by Gasteiger charge is 2.22. The van der Waals surface area contributed by atoms with Crippen molar-refractivity contribution in [2.45, 2.75) is 51.5 Å². The lowest BCUT2D eigenvalue weighted by Gasteiger charge is -2.31. The SMILES string of the molecule is COc1ccc(C(CNC(=O)COc2ccc(C(C)C)cc2)N2CCCCCC2)cc1. The Balaban J connectivity index is 1.58. The average Bonchev–Trinajstić information content (AvgIpc) is 3.08. The number of carbonyl (C=O) groups excluding carboxylic acids is 1. The number of likely N-dealkylation sites (tertiary alicyclic amines) is 1. The molecule has 0 radical (unpaired) electrons. The molecule has 1 aliphatic heterocycles. The van der Waals surface area contributed by atoms with Gasteiger partial charge in [-0.1, -0.05) is 51.0 Å². The molecular weight excluding hydrogens is 388 g/mol. The highest BCUT2D eigenvalue weighted by atomic mass is 16.5. The third-order valence-corrected chi connectivity index (χ3v) is 5.99. The van der Waals surface area contributed by atoms with Gasteiger partial charge in [0, 0.05) is 6.54 Å². The summed E-state index contributed by atoms with van der Waals surface area (Å²) in [5.74, 6) is 1.95. The van der Waals surface area contributed by atoms with Crippen molar-refractivity contribution < 1.29 is 14.3 Å². The maximum Gasteiger partial charge on any atom is 0.258 e. The highest BCUT2D eigenvalue weighted by Crippen LogP contribution is 2.25. The molecule has 1 fully saturated rings. The van der Waals surface area contributed by atoms with Gasteiger partial charge in [0.2, 0.25) is 0 Å². The molecule has 168 valence electrons. The van der Waals surface area contributed by atoms with E-state index in [1.807, 2.05) is 24.3 Å². The number of amides is 1. The minimum absolute atomic E-state index is 0.0242. The minimum Gasteiger partial charge on any atom is -0.497 e. The summed E-state index contributed by atoms with van der Waals surface area (Å²) in [7, 11) is 1.68. The molecule has 1 N–H and O–H groups in total. The second-order valence-electron chi connectivity index (χ2n) is 8.56. The topological polar surface area (TPSA) is 50.8 Å². The largest absolute Gasteiger partial charge is 0.497 e. The van der Waals surface area contributed by atoms with Gasteiger partial charge in [0.1, 0.15) is 11.5 Å². The monoisotopic (exact) mass is 424 g/mol. The van der Waals surface area contributed by atoms with Gasteiger partial charge in [0.15, 0.2) is 6.61 Å². The number of nitrogens with zero attached hydrogens (tertiary/aromatic N) is 1. The molecule has 1 atom stereocenters. The quantitative estimate of drug-likeness (QED) is 0.620. The van der Waals surface area contributed by atoms with E-state index in [0.29, 0.717) is 12.5 Å². The van der Waals surface area contributed by atoms with Crippen molar-refractivity contribution in [2.24, 2.45) is 0 Å². The van der Waals surface area contributed by atoms with Crippen LogP contribution >= 0.6 is 0 Å². The molecule has 0 aromatic heterocycles. The zero-order valence-electron chi connectivity index (χ0n) is 19.1. The van der Waals surface area contributed by atoms with Gasteiger partial charge in [-0.3, -0.25) is 9.69 Å². The number of hydrogen-bond donors (Lipinski definition) is 1. The number of benzene rings is 2. The van der Waals surface area contributed by atoms with E-state index >= 15 is 0 Å². The number of methoxy groups -OCH3 is 1. The fourth-order valence-corrected chi connectivity index (χ4v) is 4.05. The summed E-state index contributed by atoms with van der Waals surface area (Å²) in [5.41, 5.74) is 2.46. The van der Waals surface area contributed by atoms with Crippen molar-refractivity contribution in [3.63, 3.8) is 0 Å². The van der Waals surface area contributed by atoms with Crippen LogP contribution < -0.4 is 14.8 Å². The maximum absolute atomic E-state index is 12.5. The van der Waals surface area contributed by atoms with E-state index in [0.717, 1.165) is 24.6 Å². The first-order valence-corrected chi connectivity index (χ1v) is 11.4. The molecule has 2 aromatic carbocycles. The van der Waals surface area contributed by atoms with Crippen LogP contribution in [0.25, 0.3) is 0 Å². The van der Waals surface area contributed by atoms with E-state index in [9.17, 15) is 4.79 Å². The Kier molecular flexibility index (Phi) is 8.77. The van der Waals surface area contributed by atoms with Crippen LogP contribution in [0.2, 0.25) is 0 Å². The molecule has 3 rings (SSSR count). The Morgan fingerprint density at radius 1 is 0.903 bits per heavy atom. The van der Waals surface area contributed by atoms with Gasteiger partial charge in [0.25, 0.3) is 5.91 Å². The van der Waals surface area contributed by atoms with E-state index in [1.165, 1.54) is 36.8 Å². The first-order valence-electron chi connectivity index (χ1n) is 11.4. The number of nitrogens with one attached hydrogen (secondary N) is 1. The van der Waals surface area contributed by atoms with E-state index in [2.05, 4.69) is 48.3 Å². The third kappa shape index (κ3) is 7.00. The normalized spacial score (nSPS) is 15.9. The molecule has 0 spiro atoms. The zero-order chi connectivity index (χ0) is 22.1. The Bertz CT molecular complexity index is 794. The summed E-state index contributed by atoms with van der Waals surface area (Å²) >= 11 is 0. The van der Waals surface area contributed by atoms with Gasteiger partial charge in [0.05, 0.1) is 13.2 Å². The third-order valence-electron chi connectivity index (χ3n) is 5.99. The number of hydrogen-bond acceptors (Lipinski definition) is 4. The Morgan fingerprint density at radius 2 is 1.48 bits per heavy atom. The van der Waals surface area contributed by atoms with Crippen LogP contribution in [-0.2, 0) is 4.79 Å². The number of ether oxygens (including phenoxy) is 2. The summed E-state index contributed by atoms with van der Waals surface area (Å²) < 4.78 is 11.0. The molecule has 1 amide bonds. The fraction of sp³-hybridized carbons (Fsp3) is 0.500. The average molecular weight is 425 g/mol. The molecule has 0 bridgehead atoms. The Morgan fingerprint density at radius 3 is 2.06 bits per heavy atom. The van der Waals surface area contributed by atoms with Crippen LogP contribution in [0.15, 0.2) is 48.5 Å². The van der Waals surface area contributed by atoms with Crippen molar-refractivity contribution in [3.8, 4) is 11.5 Å². The lowest BCUT2D eigenvalue weighted by atomic mass is 10.0. The predicted octanol–water partition coefficient (Wildman–Crippen LogP) is 4.93. The summed E-state index contributed by atoms with van der Waals surface area (Å²) in [6.45, 7) is 7.04. The van der Waals surface area contributed by atoms with E-state index < -0.39 is 0 Å². The molecule has 1 saturated heterocycles. The molecule has 1 unspecified atom stereocenters. The van der Waals surface area contributed by atoms with E-state index in [4.69, 9.17) is 9.47 Å². The Hall–Kier alpha value is -2.53. The van der Waals surface area contributed by atoms with Crippen LogP contribution in [0.5, 0.6) is 11.5 Å². The van der Waals surface area contributed by atoms with Crippen molar-refractivity contribution in [1.29, 1.82) is 0 Å². The van der Waals surface area contributed by atoms with Crippen molar-refractivity contribution >= 4 is 5.91 Å². The van der Waals surface area contributed by atoms with E-state index in [-0.39, 0.29) is 18.6 Å². The molecule has 31 heavy (non-hydrogen) atoms. The fourth-order valence-electron chi connectivity index (χ4n) is 4.05. The standard InChI is InChI=1S/C26H36N2O3/c1-20(2)21-8-14-24(15-9-21)31-19-26(29)27-18-25(28-16-6-4-5-7-17-28)22-10-12-23(30-3)13-11-22/h8-15,20,25H,4-7,16-19H2,1-3H3,(H,27,29). The molecule has 0 aliphatic carbocycles. The van der Waals surface area contributed by atoms with Gasteiger partial charge in [-0.15, -0.1) is 0 Å². The van der Waals surface area contributed by atoms with Gasteiger partial charge in [-0.25, -0.2) is 0 Å². The summed E-state index contributed by atoms with van der Waals surface area (Å²) in [6, 6.07) is 16.3. The summed E-state index contributed by atoms with van der Waals surface area (Å²) in [6.07, 6.45) is 4.97. The van der Waals surface area contributed by atoms with Crippen LogP contribution in [0.4, 0.5) is 0 Å². The lowest BCUT2D eigenvalue weighted by molar-refractivity contribution is -0.123. The van der Waals surface area contributed by atoms with Crippen molar-refractivity contribution in [3.05, 3.63) is 59.7 Å². The summed E-state index contributed by atoms with van der Waals surface area (Å²) in [5, 5.41) is 3.09. The number of carbonyl (C=O) groups is 1. The second kappa shape index (κ2) is 11.8. The maximum atomic E-state index is 12.5. The molecule has 1 aliphatic rings. The highest BCUT2D eigenvalue weighted by molar-refractivity contribution is 5.77. The molecule has 2 aromatic rings. The van der Waals surface area contributed by atoms with Crippen LogP contribution in [0.1, 0.15) is 62.6 Å². The first kappa shape index (κ1) is 23.1. The molecule has 1 heterocycles. The summed E-state index contributed by atoms with van der Waals surface area (Å²) in [4.78, 5) is 15.0. The number of rotatable bonds is 9. The molecule has 5 heteroatoms. The van der Waals surface area contributed by atoms with Crippen molar-refractivity contribution in [1.82, 2.24) is 10.2 Å². The smallest absolute Gasteiger partial charge is 0.258 e.